The van der Waals surface area contributed by atoms with Crippen LogP contribution in [0.1, 0.15) is 43.9 Å². The Morgan fingerprint density at radius 2 is 1.68 bits per heavy atom. The number of hydrogen-bond acceptors (Lipinski definition) is 3. The minimum Gasteiger partial charge on any atom is -0.494 e. The average molecular weight is 355 g/mol. The molecule has 0 bridgehead atoms. The van der Waals surface area contributed by atoms with Gasteiger partial charge in [0.15, 0.2) is 0 Å². The first-order valence-corrected chi connectivity index (χ1v) is 9.29. The van der Waals surface area contributed by atoms with Gasteiger partial charge >= 0.3 is 0 Å². The average Bonchev–Trinajstić information content (AvgIpc) is 2.62. The van der Waals surface area contributed by atoms with Gasteiger partial charge in [0.1, 0.15) is 11.5 Å². The van der Waals surface area contributed by atoms with Gasteiger partial charge in [0.2, 0.25) is 0 Å². The molecule has 0 aliphatic rings. The van der Waals surface area contributed by atoms with Gasteiger partial charge in [-0.1, -0.05) is 49.8 Å². The van der Waals surface area contributed by atoms with Gasteiger partial charge in [-0.05, 0) is 55.7 Å². The van der Waals surface area contributed by atoms with Gasteiger partial charge in [-0.2, -0.15) is 0 Å². The molecule has 0 N–H and O–H groups in total. The number of allylic oxidation sites excluding steroid dienone is 1. The molecule has 0 heterocycles. The molecule has 0 fully saturated rings. The van der Waals surface area contributed by atoms with Crippen LogP contribution in [0.25, 0.3) is 6.08 Å². The van der Waals surface area contributed by atoms with E-state index in [0.29, 0.717) is 13.2 Å². The van der Waals surface area contributed by atoms with E-state index in [1.807, 2.05) is 44.2 Å². The van der Waals surface area contributed by atoms with Crippen molar-refractivity contribution in [1.82, 2.24) is 0 Å². The van der Waals surface area contributed by atoms with E-state index in [1.54, 1.807) is 0 Å². The van der Waals surface area contributed by atoms with E-state index in [9.17, 15) is 0 Å². The number of hydrogen-bond donors (Lipinski definition) is 0. The highest BCUT2D eigenvalue weighted by molar-refractivity contribution is 7.81. The maximum Gasteiger partial charge on any atom is 0.130 e. The molecule has 0 unspecified atom stereocenters. The number of thiocarbonyl (C=S) groups is 1. The molecule has 0 aromatic heterocycles. The van der Waals surface area contributed by atoms with Crippen molar-refractivity contribution in [2.75, 3.05) is 13.2 Å². The molecule has 0 aliphatic heterocycles. The summed E-state index contributed by atoms with van der Waals surface area (Å²) in [5, 5.41) is 0. The van der Waals surface area contributed by atoms with Crippen LogP contribution in [0.5, 0.6) is 11.5 Å². The Bertz CT molecular complexity index is 717. The smallest absolute Gasteiger partial charge is 0.130 e. The van der Waals surface area contributed by atoms with Crippen LogP contribution in [0.15, 0.2) is 48.5 Å². The summed E-state index contributed by atoms with van der Waals surface area (Å²) >= 11 is 5.55. The Morgan fingerprint density at radius 1 is 0.960 bits per heavy atom. The van der Waals surface area contributed by atoms with Crippen molar-refractivity contribution in [1.29, 1.82) is 0 Å². The molecule has 2 aromatic carbocycles. The largest absolute Gasteiger partial charge is 0.494 e. The van der Waals surface area contributed by atoms with Crippen LogP contribution in [-0.2, 0) is 6.42 Å². The molecule has 25 heavy (non-hydrogen) atoms. The first-order valence-electron chi connectivity index (χ1n) is 8.88. The van der Waals surface area contributed by atoms with E-state index in [4.69, 9.17) is 21.7 Å². The Kier molecular flexibility index (Phi) is 7.68. The third-order valence-electron chi connectivity index (χ3n) is 3.79. The molecule has 0 amide bonds. The highest BCUT2D eigenvalue weighted by Gasteiger charge is 2.04. The Hall–Kier alpha value is -2.13. The standard InChI is InChI=1S/C22H26O2S/c1-4-7-17-8-10-19(11-9-17)22(25)15-13-18-12-14-20(23-5-2)16-21(18)24-6-3/h8-16H,4-7H2,1-3H3. The van der Waals surface area contributed by atoms with Gasteiger partial charge in [-0.3, -0.25) is 0 Å². The number of aryl methyl sites for hydroxylation is 1. The second kappa shape index (κ2) is 10.00. The number of rotatable bonds is 9. The zero-order chi connectivity index (χ0) is 18.1. The molecule has 2 aromatic rings. The first-order chi connectivity index (χ1) is 12.2. The van der Waals surface area contributed by atoms with Crippen molar-refractivity contribution in [3.05, 3.63) is 65.2 Å². The lowest BCUT2D eigenvalue weighted by molar-refractivity contribution is 0.322. The normalized spacial score (nSPS) is 10.8. The minimum absolute atomic E-state index is 0.611. The Labute approximate surface area is 156 Å². The summed E-state index contributed by atoms with van der Waals surface area (Å²) in [7, 11) is 0. The summed E-state index contributed by atoms with van der Waals surface area (Å²) in [6.45, 7) is 7.38. The van der Waals surface area contributed by atoms with Crippen LogP contribution in [-0.4, -0.2) is 18.1 Å². The fourth-order valence-corrected chi connectivity index (χ4v) is 2.78. The van der Waals surface area contributed by atoms with Gasteiger partial charge in [-0.25, -0.2) is 0 Å². The Morgan fingerprint density at radius 3 is 2.32 bits per heavy atom. The highest BCUT2D eigenvalue weighted by Crippen LogP contribution is 2.26. The molecule has 0 atom stereocenters. The fraction of sp³-hybridized carbons (Fsp3) is 0.318. The highest BCUT2D eigenvalue weighted by atomic mass is 32.1. The fourth-order valence-electron chi connectivity index (χ4n) is 2.58. The molecule has 3 heteroatoms. The van der Waals surface area contributed by atoms with Crippen LogP contribution in [0.4, 0.5) is 0 Å². The molecule has 0 saturated heterocycles. The quantitative estimate of drug-likeness (QED) is 0.319. The zero-order valence-corrected chi connectivity index (χ0v) is 16.1. The maximum absolute atomic E-state index is 5.73. The molecule has 0 aliphatic carbocycles. The molecule has 2 rings (SSSR count). The first kappa shape index (κ1) is 19.2. The monoisotopic (exact) mass is 354 g/mol. The summed E-state index contributed by atoms with van der Waals surface area (Å²) in [5.41, 5.74) is 3.41. The summed E-state index contributed by atoms with van der Waals surface area (Å²) in [4.78, 5) is 0.819. The predicted octanol–water partition coefficient (Wildman–Crippen LogP) is 5.87. The summed E-state index contributed by atoms with van der Waals surface area (Å²) in [6.07, 6.45) is 6.22. The predicted molar refractivity (Wildman–Crippen MR) is 110 cm³/mol. The van der Waals surface area contributed by atoms with E-state index in [1.165, 1.54) is 5.56 Å². The van der Waals surface area contributed by atoms with E-state index in [2.05, 4.69) is 31.2 Å². The third kappa shape index (κ3) is 5.71. The van der Waals surface area contributed by atoms with Gasteiger partial charge in [0.25, 0.3) is 0 Å². The van der Waals surface area contributed by atoms with Crippen molar-refractivity contribution in [2.24, 2.45) is 0 Å². The molecule has 0 spiro atoms. The summed E-state index contributed by atoms with van der Waals surface area (Å²) in [5.74, 6) is 1.63. The van der Waals surface area contributed by atoms with E-state index in [0.717, 1.165) is 40.3 Å². The number of benzene rings is 2. The van der Waals surface area contributed by atoms with Crippen LogP contribution < -0.4 is 9.47 Å². The topological polar surface area (TPSA) is 18.5 Å². The van der Waals surface area contributed by atoms with Gasteiger partial charge in [0, 0.05) is 16.5 Å². The number of ether oxygens (including phenoxy) is 2. The third-order valence-corrected chi connectivity index (χ3v) is 4.16. The molecular weight excluding hydrogens is 328 g/mol. The van der Waals surface area contributed by atoms with Crippen LogP contribution in [0.2, 0.25) is 0 Å². The molecule has 0 saturated carbocycles. The molecule has 2 nitrogen and oxygen atoms in total. The van der Waals surface area contributed by atoms with Gasteiger partial charge in [0.05, 0.1) is 13.2 Å². The van der Waals surface area contributed by atoms with E-state index < -0.39 is 0 Å². The Balaban J connectivity index is 2.15. The minimum atomic E-state index is 0.611. The zero-order valence-electron chi connectivity index (χ0n) is 15.2. The lowest BCUT2D eigenvalue weighted by Crippen LogP contribution is -1.97. The second-order valence-corrected chi connectivity index (χ2v) is 6.15. The molecule has 132 valence electrons. The van der Waals surface area contributed by atoms with Crippen LogP contribution in [0.3, 0.4) is 0 Å². The van der Waals surface area contributed by atoms with Gasteiger partial charge < -0.3 is 9.47 Å². The van der Waals surface area contributed by atoms with Crippen molar-refractivity contribution in [3.8, 4) is 11.5 Å². The lowest BCUT2D eigenvalue weighted by Gasteiger charge is -2.10. The maximum atomic E-state index is 5.73. The summed E-state index contributed by atoms with van der Waals surface area (Å²) < 4.78 is 11.3. The van der Waals surface area contributed by atoms with Crippen LogP contribution >= 0.6 is 12.2 Å². The van der Waals surface area contributed by atoms with E-state index in [-0.39, 0.29) is 0 Å². The summed E-state index contributed by atoms with van der Waals surface area (Å²) in [6, 6.07) is 14.4. The molecular formula is C22H26O2S. The van der Waals surface area contributed by atoms with E-state index >= 15 is 0 Å². The van der Waals surface area contributed by atoms with Crippen molar-refractivity contribution < 1.29 is 9.47 Å². The SMILES string of the molecule is CCCc1ccc(C(=S)C=Cc2ccc(OCC)cc2OCC)cc1. The van der Waals surface area contributed by atoms with Crippen molar-refractivity contribution >= 4 is 23.2 Å². The molecule has 0 radical (unpaired) electrons. The van der Waals surface area contributed by atoms with Crippen molar-refractivity contribution in [2.45, 2.75) is 33.6 Å². The lowest BCUT2D eigenvalue weighted by atomic mass is 10.0. The second-order valence-electron chi connectivity index (χ2n) is 5.71. The van der Waals surface area contributed by atoms with Gasteiger partial charge in [-0.15, -0.1) is 0 Å². The van der Waals surface area contributed by atoms with Crippen LogP contribution in [0, 0.1) is 0 Å². The van der Waals surface area contributed by atoms with Crippen molar-refractivity contribution in [3.63, 3.8) is 0 Å².